The highest BCUT2D eigenvalue weighted by Gasteiger charge is 2.25. The molecule has 2 amide bonds. The molecule has 0 spiro atoms. The van der Waals surface area contributed by atoms with Crippen LogP contribution in [0.1, 0.15) is 37.6 Å². The third-order valence-electron chi connectivity index (χ3n) is 4.21. The molecule has 144 valence electrons. The van der Waals surface area contributed by atoms with E-state index >= 15 is 0 Å². The number of nitrogens with zero attached hydrogens (tertiary/aromatic N) is 1. The fraction of sp³-hybridized carbons (Fsp3) is 0.381. The van der Waals surface area contributed by atoms with E-state index in [0.717, 1.165) is 17.5 Å². The molecule has 2 aromatic rings. The molecule has 6 heteroatoms. The highest BCUT2D eigenvalue weighted by atomic mass is 16.3. The number of nitrogens with one attached hydrogen (secondary N) is 2. The zero-order valence-corrected chi connectivity index (χ0v) is 16.0. The quantitative estimate of drug-likeness (QED) is 0.666. The summed E-state index contributed by atoms with van der Waals surface area (Å²) >= 11 is 0. The van der Waals surface area contributed by atoms with Gasteiger partial charge in [-0.2, -0.15) is 0 Å². The van der Waals surface area contributed by atoms with Crippen molar-refractivity contribution in [1.82, 2.24) is 15.6 Å². The molecule has 0 fully saturated rings. The number of hydrogen-bond acceptors (Lipinski definition) is 4. The van der Waals surface area contributed by atoms with Crippen molar-refractivity contribution in [2.45, 2.75) is 39.3 Å². The van der Waals surface area contributed by atoms with Gasteiger partial charge in [0.1, 0.15) is 6.04 Å². The summed E-state index contributed by atoms with van der Waals surface area (Å²) in [6, 6.07) is 9.81. The average Bonchev–Trinajstić information content (AvgIpc) is 2.66. The first-order valence-electron chi connectivity index (χ1n) is 9.15. The van der Waals surface area contributed by atoms with E-state index in [-0.39, 0.29) is 5.91 Å². The maximum Gasteiger partial charge on any atom is 0.252 e. The minimum absolute atomic E-state index is 0.383. The molecule has 0 aliphatic heterocycles. The number of pyridine rings is 1. The second-order valence-electron chi connectivity index (χ2n) is 6.98. The third kappa shape index (κ3) is 6.18. The summed E-state index contributed by atoms with van der Waals surface area (Å²) in [7, 11) is 0. The Morgan fingerprint density at radius 2 is 1.78 bits per heavy atom. The minimum Gasteiger partial charge on any atom is -0.391 e. The van der Waals surface area contributed by atoms with Gasteiger partial charge in [0.15, 0.2) is 0 Å². The number of benzene rings is 1. The van der Waals surface area contributed by atoms with Crippen molar-refractivity contribution in [2.24, 2.45) is 5.92 Å². The fourth-order valence-corrected chi connectivity index (χ4v) is 2.57. The lowest BCUT2D eigenvalue weighted by Gasteiger charge is -2.21. The van der Waals surface area contributed by atoms with Gasteiger partial charge in [-0.1, -0.05) is 32.0 Å². The van der Waals surface area contributed by atoms with E-state index in [9.17, 15) is 14.7 Å². The third-order valence-corrected chi connectivity index (χ3v) is 4.21. The van der Waals surface area contributed by atoms with Crippen molar-refractivity contribution in [2.75, 3.05) is 6.54 Å². The zero-order chi connectivity index (χ0) is 19.8. The molecule has 1 aromatic carbocycles. The van der Waals surface area contributed by atoms with Crippen LogP contribution in [0.5, 0.6) is 0 Å². The van der Waals surface area contributed by atoms with Gasteiger partial charge in [0.25, 0.3) is 5.91 Å². The van der Waals surface area contributed by atoms with Gasteiger partial charge < -0.3 is 15.7 Å². The molecular formula is C21H27N3O3. The van der Waals surface area contributed by atoms with Crippen LogP contribution < -0.4 is 10.6 Å². The van der Waals surface area contributed by atoms with Gasteiger partial charge >= 0.3 is 0 Å². The van der Waals surface area contributed by atoms with E-state index in [4.69, 9.17) is 0 Å². The van der Waals surface area contributed by atoms with Crippen LogP contribution in [-0.2, 0) is 4.79 Å². The second-order valence-corrected chi connectivity index (χ2v) is 6.98. The molecule has 1 aromatic heterocycles. The first-order valence-corrected chi connectivity index (χ1v) is 9.15. The first kappa shape index (κ1) is 20.6. The Balaban J connectivity index is 2.01. The number of carbonyl (C=O) groups excluding carboxylic acids is 2. The summed E-state index contributed by atoms with van der Waals surface area (Å²) in [6.45, 7) is 6.12. The molecule has 2 rings (SSSR count). The van der Waals surface area contributed by atoms with Gasteiger partial charge in [0, 0.05) is 24.5 Å². The topological polar surface area (TPSA) is 91.3 Å². The molecule has 0 bridgehead atoms. The maximum atomic E-state index is 12.5. The van der Waals surface area contributed by atoms with Gasteiger partial charge in [0.2, 0.25) is 5.91 Å². The van der Waals surface area contributed by atoms with Gasteiger partial charge in [-0.25, -0.2) is 0 Å². The number of aliphatic hydroxyl groups is 1. The SMILES string of the molecule is CC(C)CCNC(=O)[C@@H](NC(=O)c1ccc(-c2cccnc2)cc1)[C@@H](C)O. The summed E-state index contributed by atoms with van der Waals surface area (Å²) in [5, 5.41) is 15.3. The second kappa shape index (κ2) is 9.83. The predicted octanol–water partition coefficient (Wildman–Crippen LogP) is 2.39. The van der Waals surface area contributed by atoms with Crippen molar-refractivity contribution in [3.63, 3.8) is 0 Å². The Hall–Kier alpha value is -2.73. The van der Waals surface area contributed by atoms with Crippen LogP contribution in [0, 0.1) is 5.92 Å². The van der Waals surface area contributed by atoms with Crippen molar-refractivity contribution in [3.8, 4) is 11.1 Å². The summed E-state index contributed by atoms with van der Waals surface area (Å²) in [5.41, 5.74) is 2.32. The van der Waals surface area contributed by atoms with Gasteiger partial charge in [-0.05, 0) is 48.6 Å². The Labute approximate surface area is 160 Å². The molecular weight excluding hydrogens is 342 g/mol. The Bertz CT molecular complexity index is 743. The van der Waals surface area contributed by atoms with Crippen LogP contribution in [-0.4, -0.2) is 40.6 Å². The number of rotatable bonds is 8. The lowest BCUT2D eigenvalue weighted by Crippen LogP contribution is -2.52. The van der Waals surface area contributed by atoms with E-state index in [0.29, 0.717) is 18.0 Å². The van der Waals surface area contributed by atoms with Crippen LogP contribution in [0.2, 0.25) is 0 Å². The number of aliphatic hydroxyl groups excluding tert-OH is 1. The molecule has 0 aliphatic carbocycles. The Morgan fingerprint density at radius 1 is 1.07 bits per heavy atom. The summed E-state index contributed by atoms with van der Waals surface area (Å²) in [5.74, 6) is -0.327. The highest BCUT2D eigenvalue weighted by Crippen LogP contribution is 2.18. The van der Waals surface area contributed by atoms with E-state index in [1.54, 1.807) is 24.5 Å². The first-order chi connectivity index (χ1) is 12.9. The van der Waals surface area contributed by atoms with Crippen molar-refractivity contribution >= 4 is 11.8 Å². The molecule has 6 nitrogen and oxygen atoms in total. The van der Waals surface area contributed by atoms with Gasteiger partial charge in [-0.15, -0.1) is 0 Å². The van der Waals surface area contributed by atoms with E-state index < -0.39 is 18.1 Å². The lowest BCUT2D eigenvalue weighted by molar-refractivity contribution is -0.125. The Morgan fingerprint density at radius 3 is 2.33 bits per heavy atom. The number of carbonyl (C=O) groups is 2. The number of amides is 2. The molecule has 3 N–H and O–H groups in total. The maximum absolute atomic E-state index is 12.5. The molecule has 27 heavy (non-hydrogen) atoms. The van der Waals surface area contributed by atoms with Crippen molar-refractivity contribution in [1.29, 1.82) is 0 Å². The minimum atomic E-state index is -0.998. The smallest absolute Gasteiger partial charge is 0.252 e. The fourth-order valence-electron chi connectivity index (χ4n) is 2.57. The monoisotopic (exact) mass is 369 g/mol. The molecule has 1 heterocycles. The van der Waals surface area contributed by atoms with Crippen LogP contribution in [0.15, 0.2) is 48.8 Å². The standard InChI is InChI=1S/C21H27N3O3/c1-14(2)10-12-23-21(27)19(15(3)25)24-20(26)17-8-6-16(7-9-17)18-5-4-11-22-13-18/h4-9,11,13-15,19,25H,10,12H2,1-3H3,(H,23,27)(H,24,26)/t15-,19+/m1/s1. The summed E-state index contributed by atoms with van der Waals surface area (Å²) in [6.07, 6.45) is 3.29. The molecule has 0 unspecified atom stereocenters. The lowest BCUT2D eigenvalue weighted by atomic mass is 10.0. The van der Waals surface area contributed by atoms with Gasteiger partial charge in [0.05, 0.1) is 6.10 Å². The largest absolute Gasteiger partial charge is 0.391 e. The highest BCUT2D eigenvalue weighted by molar-refractivity contribution is 5.98. The average molecular weight is 369 g/mol. The molecule has 0 aliphatic rings. The summed E-state index contributed by atoms with van der Waals surface area (Å²) < 4.78 is 0. The normalized spacial score (nSPS) is 13.1. The van der Waals surface area contributed by atoms with Crippen LogP contribution in [0.25, 0.3) is 11.1 Å². The number of hydrogen-bond donors (Lipinski definition) is 3. The van der Waals surface area contributed by atoms with E-state index in [2.05, 4.69) is 29.5 Å². The van der Waals surface area contributed by atoms with Crippen LogP contribution >= 0.6 is 0 Å². The Kier molecular flexibility index (Phi) is 7.49. The summed E-state index contributed by atoms with van der Waals surface area (Å²) in [4.78, 5) is 28.8. The zero-order valence-electron chi connectivity index (χ0n) is 16.0. The van der Waals surface area contributed by atoms with Crippen molar-refractivity contribution < 1.29 is 14.7 Å². The number of aromatic nitrogens is 1. The van der Waals surface area contributed by atoms with Gasteiger partial charge in [-0.3, -0.25) is 14.6 Å². The van der Waals surface area contributed by atoms with E-state index in [1.807, 2.05) is 24.3 Å². The van der Waals surface area contributed by atoms with Crippen LogP contribution in [0.3, 0.4) is 0 Å². The molecule has 2 atom stereocenters. The van der Waals surface area contributed by atoms with Crippen molar-refractivity contribution in [3.05, 3.63) is 54.4 Å². The predicted molar refractivity (Wildman–Crippen MR) is 105 cm³/mol. The van der Waals surface area contributed by atoms with E-state index in [1.165, 1.54) is 6.92 Å². The molecule has 0 radical (unpaired) electrons. The van der Waals surface area contributed by atoms with Crippen LogP contribution in [0.4, 0.5) is 0 Å². The molecule has 0 saturated carbocycles. The molecule has 0 saturated heterocycles.